The lowest BCUT2D eigenvalue weighted by molar-refractivity contribution is 0.0946. The van der Waals surface area contributed by atoms with Gasteiger partial charge in [0, 0.05) is 29.1 Å². The van der Waals surface area contributed by atoms with Gasteiger partial charge < -0.3 is 20.1 Å². The zero-order chi connectivity index (χ0) is 17.8. The molecule has 0 spiro atoms. The van der Waals surface area contributed by atoms with Gasteiger partial charge in [-0.2, -0.15) is 0 Å². The standard InChI is InChI=1S/C19H19FN2O3/c1-2-25-15-5-4-13-8-18(22-17(13)9-15)19(24)21-10-12-3-6-16(20)14(7-12)11-23/h3-9,22-23H,2,10-11H2,1H3,(H,21,24). The maximum Gasteiger partial charge on any atom is 0.267 e. The first-order valence-corrected chi connectivity index (χ1v) is 8.02. The summed E-state index contributed by atoms with van der Waals surface area (Å²) in [7, 11) is 0. The van der Waals surface area contributed by atoms with Gasteiger partial charge in [0.15, 0.2) is 0 Å². The van der Waals surface area contributed by atoms with Crippen molar-refractivity contribution >= 4 is 16.8 Å². The van der Waals surface area contributed by atoms with Crippen LogP contribution in [0, 0.1) is 5.82 Å². The highest BCUT2D eigenvalue weighted by Gasteiger charge is 2.10. The molecule has 0 atom stereocenters. The number of nitrogens with one attached hydrogen (secondary N) is 2. The van der Waals surface area contributed by atoms with Crippen LogP contribution < -0.4 is 10.1 Å². The summed E-state index contributed by atoms with van der Waals surface area (Å²) in [6, 6.07) is 11.8. The lowest BCUT2D eigenvalue weighted by atomic mass is 10.1. The number of ether oxygens (including phenoxy) is 1. The molecule has 1 amide bonds. The minimum absolute atomic E-state index is 0.209. The van der Waals surface area contributed by atoms with Crippen LogP contribution in [0.2, 0.25) is 0 Å². The number of carbonyl (C=O) groups is 1. The van der Waals surface area contributed by atoms with E-state index < -0.39 is 5.82 Å². The monoisotopic (exact) mass is 342 g/mol. The number of fused-ring (bicyclic) bond motifs is 1. The highest BCUT2D eigenvalue weighted by Crippen LogP contribution is 2.21. The number of aromatic amines is 1. The van der Waals surface area contributed by atoms with Gasteiger partial charge in [0.2, 0.25) is 0 Å². The molecule has 1 aromatic heterocycles. The third-order valence-electron chi connectivity index (χ3n) is 3.88. The minimum Gasteiger partial charge on any atom is -0.494 e. The molecule has 130 valence electrons. The molecule has 3 rings (SSSR count). The van der Waals surface area contributed by atoms with Crippen molar-refractivity contribution in [3.05, 3.63) is 65.1 Å². The van der Waals surface area contributed by atoms with Gasteiger partial charge >= 0.3 is 0 Å². The van der Waals surface area contributed by atoms with Crippen molar-refractivity contribution < 1.29 is 19.0 Å². The first kappa shape index (κ1) is 17.0. The summed E-state index contributed by atoms with van der Waals surface area (Å²) in [5.41, 5.74) is 2.18. The van der Waals surface area contributed by atoms with Crippen LogP contribution in [-0.4, -0.2) is 22.6 Å². The van der Waals surface area contributed by atoms with Crippen LogP contribution in [0.25, 0.3) is 10.9 Å². The van der Waals surface area contributed by atoms with Gasteiger partial charge in [0.05, 0.1) is 13.2 Å². The quantitative estimate of drug-likeness (QED) is 0.644. The molecule has 3 aromatic rings. The van der Waals surface area contributed by atoms with Crippen LogP contribution in [0.3, 0.4) is 0 Å². The fraction of sp³-hybridized carbons (Fsp3) is 0.211. The maximum absolute atomic E-state index is 13.4. The van der Waals surface area contributed by atoms with Crippen LogP contribution >= 0.6 is 0 Å². The van der Waals surface area contributed by atoms with E-state index in [1.807, 2.05) is 25.1 Å². The number of H-pyrrole nitrogens is 1. The van der Waals surface area contributed by atoms with Crippen molar-refractivity contribution in [2.75, 3.05) is 6.61 Å². The van der Waals surface area contributed by atoms with E-state index in [9.17, 15) is 9.18 Å². The second-order valence-electron chi connectivity index (χ2n) is 5.63. The average molecular weight is 342 g/mol. The van der Waals surface area contributed by atoms with Crippen molar-refractivity contribution in [2.24, 2.45) is 0 Å². The van der Waals surface area contributed by atoms with Crippen LogP contribution in [-0.2, 0) is 13.2 Å². The molecule has 1 heterocycles. The highest BCUT2D eigenvalue weighted by molar-refractivity contribution is 5.98. The summed E-state index contributed by atoms with van der Waals surface area (Å²) in [6.45, 7) is 2.35. The Morgan fingerprint density at radius 1 is 1.24 bits per heavy atom. The molecule has 6 heteroatoms. The Kier molecular flexibility index (Phi) is 5.00. The van der Waals surface area contributed by atoms with Gasteiger partial charge in [-0.05, 0) is 42.8 Å². The number of rotatable bonds is 6. The number of amides is 1. The zero-order valence-corrected chi connectivity index (χ0v) is 13.8. The molecule has 3 N–H and O–H groups in total. The van der Waals surface area contributed by atoms with E-state index in [-0.39, 0.29) is 24.6 Å². The molecule has 0 aliphatic carbocycles. The molecular formula is C19H19FN2O3. The van der Waals surface area contributed by atoms with Gasteiger partial charge in [0.1, 0.15) is 17.3 Å². The maximum atomic E-state index is 13.4. The molecule has 0 saturated carbocycles. The van der Waals surface area contributed by atoms with Crippen molar-refractivity contribution in [1.29, 1.82) is 0 Å². The third kappa shape index (κ3) is 3.80. The average Bonchev–Trinajstić information content (AvgIpc) is 3.04. The first-order valence-electron chi connectivity index (χ1n) is 8.02. The summed E-state index contributed by atoms with van der Waals surface area (Å²) in [6.07, 6.45) is 0. The van der Waals surface area contributed by atoms with Crippen molar-refractivity contribution in [3.8, 4) is 5.75 Å². The normalized spacial score (nSPS) is 10.8. The number of hydrogen-bond donors (Lipinski definition) is 3. The van der Waals surface area contributed by atoms with Gasteiger partial charge in [-0.3, -0.25) is 4.79 Å². The molecule has 5 nitrogen and oxygen atoms in total. The molecule has 0 aliphatic rings. The second kappa shape index (κ2) is 7.36. The second-order valence-corrected chi connectivity index (χ2v) is 5.63. The first-order chi connectivity index (χ1) is 12.1. The number of halogens is 1. The summed E-state index contributed by atoms with van der Waals surface area (Å²) in [5.74, 6) is 0.0222. The Balaban J connectivity index is 1.71. The number of benzene rings is 2. The number of carbonyl (C=O) groups excluding carboxylic acids is 1. The van der Waals surface area contributed by atoms with E-state index in [2.05, 4.69) is 10.3 Å². The SMILES string of the molecule is CCOc1ccc2cc(C(=O)NCc3ccc(F)c(CO)c3)[nH]c2c1. The lowest BCUT2D eigenvalue weighted by Gasteiger charge is -2.06. The molecule has 25 heavy (non-hydrogen) atoms. The van der Waals surface area contributed by atoms with Crippen LogP contribution in [0.15, 0.2) is 42.5 Å². The Labute approximate surface area is 144 Å². The molecule has 2 aromatic carbocycles. The van der Waals surface area contributed by atoms with Gasteiger partial charge in [-0.1, -0.05) is 6.07 Å². The van der Waals surface area contributed by atoms with E-state index in [1.165, 1.54) is 12.1 Å². The van der Waals surface area contributed by atoms with Gasteiger partial charge in [-0.25, -0.2) is 4.39 Å². The van der Waals surface area contributed by atoms with Crippen LogP contribution in [0.4, 0.5) is 4.39 Å². The number of aliphatic hydroxyl groups is 1. The van der Waals surface area contributed by atoms with Crippen molar-refractivity contribution in [3.63, 3.8) is 0 Å². The molecular weight excluding hydrogens is 323 g/mol. The summed E-state index contributed by atoms with van der Waals surface area (Å²) in [5, 5.41) is 12.8. The van der Waals surface area contributed by atoms with E-state index in [0.717, 1.165) is 16.7 Å². The largest absolute Gasteiger partial charge is 0.494 e. The van der Waals surface area contributed by atoms with E-state index in [4.69, 9.17) is 9.84 Å². The Bertz CT molecular complexity index is 905. The predicted molar refractivity (Wildman–Crippen MR) is 93.0 cm³/mol. The zero-order valence-electron chi connectivity index (χ0n) is 13.8. The Morgan fingerprint density at radius 3 is 2.84 bits per heavy atom. The summed E-state index contributed by atoms with van der Waals surface area (Å²) >= 11 is 0. The third-order valence-corrected chi connectivity index (χ3v) is 3.88. The number of aliphatic hydroxyl groups excluding tert-OH is 1. The van der Waals surface area contributed by atoms with Gasteiger partial charge in [-0.15, -0.1) is 0 Å². The fourth-order valence-corrected chi connectivity index (χ4v) is 2.62. The van der Waals surface area contributed by atoms with Gasteiger partial charge in [0.25, 0.3) is 5.91 Å². The predicted octanol–water partition coefficient (Wildman–Crippen LogP) is 3.13. The highest BCUT2D eigenvalue weighted by atomic mass is 19.1. The summed E-state index contributed by atoms with van der Waals surface area (Å²) in [4.78, 5) is 15.4. The summed E-state index contributed by atoms with van der Waals surface area (Å²) < 4.78 is 18.8. The topological polar surface area (TPSA) is 74.3 Å². The van der Waals surface area contributed by atoms with Crippen LogP contribution in [0.1, 0.15) is 28.5 Å². The smallest absolute Gasteiger partial charge is 0.267 e. The molecule has 0 fully saturated rings. The van der Waals surface area contributed by atoms with E-state index in [0.29, 0.717) is 17.9 Å². The molecule has 0 radical (unpaired) electrons. The van der Waals surface area contributed by atoms with Crippen molar-refractivity contribution in [1.82, 2.24) is 10.3 Å². The van der Waals surface area contributed by atoms with Crippen molar-refractivity contribution in [2.45, 2.75) is 20.1 Å². The molecule has 0 aliphatic heterocycles. The fourth-order valence-electron chi connectivity index (χ4n) is 2.62. The molecule has 0 saturated heterocycles. The van der Waals surface area contributed by atoms with E-state index in [1.54, 1.807) is 12.1 Å². The Hall–Kier alpha value is -2.86. The minimum atomic E-state index is -0.460. The Morgan fingerprint density at radius 2 is 2.08 bits per heavy atom. The van der Waals surface area contributed by atoms with E-state index >= 15 is 0 Å². The molecule has 0 unspecified atom stereocenters. The van der Waals surface area contributed by atoms with Crippen LogP contribution in [0.5, 0.6) is 5.75 Å². The lowest BCUT2D eigenvalue weighted by Crippen LogP contribution is -2.23. The number of hydrogen-bond acceptors (Lipinski definition) is 3. The molecule has 0 bridgehead atoms. The number of aromatic nitrogens is 1.